The molecule has 0 spiro atoms. The largest absolute Gasteiger partial charge is 0.389 e. The summed E-state index contributed by atoms with van der Waals surface area (Å²) < 4.78 is 0. The summed E-state index contributed by atoms with van der Waals surface area (Å²) in [5.74, 6) is 0.0951. The first kappa shape index (κ1) is 16.0. The monoisotopic (exact) mass is 290 g/mol. The van der Waals surface area contributed by atoms with Gasteiger partial charge < -0.3 is 10.0 Å². The summed E-state index contributed by atoms with van der Waals surface area (Å²) in [4.78, 5) is 16.9. The Balaban J connectivity index is 2.02. The molecule has 4 nitrogen and oxygen atoms in total. The van der Waals surface area contributed by atoms with Crippen LogP contribution < -0.4 is 0 Å². The predicted molar refractivity (Wildman–Crippen MR) is 84.3 cm³/mol. The van der Waals surface area contributed by atoms with Gasteiger partial charge in [0.1, 0.15) is 0 Å². The fraction of sp³-hybridized carbons (Fsp3) is 0.588. The van der Waals surface area contributed by atoms with Gasteiger partial charge in [-0.05, 0) is 44.9 Å². The van der Waals surface area contributed by atoms with E-state index in [0.29, 0.717) is 11.6 Å². The minimum Gasteiger partial charge on any atom is -0.389 e. The van der Waals surface area contributed by atoms with Crippen molar-refractivity contribution >= 4 is 5.91 Å². The molecule has 1 fully saturated rings. The number of hydrogen-bond donors (Lipinski definition) is 1. The van der Waals surface area contributed by atoms with Crippen molar-refractivity contribution in [3.05, 3.63) is 35.4 Å². The van der Waals surface area contributed by atoms with Gasteiger partial charge in [-0.25, -0.2) is 0 Å². The molecule has 1 unspecified atom stereocenters. The minimum atomic E-state index is -0.494. The van der Waals surface area contributed by atoms with Gasteiger partial charge in [0, 0.05) is 37.8 Å². The molecule has 0 saturated carbocycles. The van der Waals surface area contributed by atoms with E-state index in [9.17, 15) is 9.90 Å². The lowest BCUT2D eigenvalue weighted by Crippen LogP contribution is -2.37. The van der Waals surface area contributed by atoms with Gasteiger partial charge in [0.25, 0.3) is 5.91 Å². The number of hydrogen-bond acceptors (Lipinski definition) is 3. The lowest BCUT2D eigenvalue weighted by molar-refractivity contribution is 0.0759. The van der Waals surface area contributed by atoms with Crippen LogP contribution in [0.4, 0.5) is 0 Å². The number of aliphatic hydroxyl groups excluding tert-OH is 1. The van der Waals surface area contributed by atoms with E-state index in [1.54, 1.807) is 6.92 Å². The number of carbonyl (C=O) groups excluding carboxylic acids is 1. The van der Waals surface area contributed by atoms with Crippen molar-refractivity contribution in [2.45, 2.75) is 39.3 Å². The zero-order chi connectivity index (χ0) is 15.4. The van der Waals surface area contributed by atoms with Crippen molar-refractivity contribution in [3.63, 3.8) is 0 Å². The Hall–Kier alpha value is -1.39. The Kier molecular flexibility index (Phi) is 5.37. The van der Waals surface area contributed by atoms with Gasteiger partial charge in [0.05, 0.1) is 6.10 Å². The van der Waals surface area contributed by atoms with Gasteiger partial charge in [-0.3, -0.25) is 9.69 Å². The van der Waals surface area contributed by atoms with E-state index in [-0.39, 0.29) is 5.91 Å². The Bertz CT molecular complexity index is 468. The highest BCUT2D eigenvalue weighted by Crippen LogP contribution is 2.15. The molecule has 1 aromatic rings. The van der Waals surface area contributed by atoms with Crippen LogP contribution in [0.5, 0.6) is 0 Å². The Morgan fingerprint density at radius 3 is 2.29 bits per heavy atom. The van der Waals surface area contributed by atoms with Crippen LogP contribution in [0.2, 0.25) is 0 Å². The van der Waals surface area contributed by atoms with Crippen LogP contribution >= 0.6 is 0 Å². The molecule has 116 valence electrons. The topological polar surface area (TPSA) is 43.8 Å². The summed E-state index contributed by atoms with van der Waals surface area (Å²) in [6, 6.07) is 7.82. The van der Waals surface area contributed by atoms with E-state index in [2.05, 4.69) is 18.7 Å². The van der Waals surface area contributed by atoms with Crippen molar-refractivity contribution < 1.29 is 9.90 Å². The highest BCUT2D eigenvalue weighted by atomic mass is 16.3. The first-order valence-electron chi connectivity index (χ1n) is 7.80. The van der Waals surface area contributed by atoms with Crippen molar-refractivity contribution in [2.75, 3.05) is 26.2 Å². The summed E-state index contributed by atoms with van der Waals surface area (Å²) in [5.41, 5.74) is 1.55. The van der Waals surface area contributed by atoms with E-state index in [4.69, 9.17) is 0 Å². The highest BCUT2D eigenvalue weighted by molar-refractivity contribution is 5.94. The summed E-state index contributed by atoms with van der Waals surface area (Å²) in [6.45, 7) is 9.73. The second-order valence-corrected chi connectivity index (χ2v) is 6.07. The van der Waals surface area contributed by atoms with E-state index < -0.39 is 6.10 Å². The lowest BCUT2D eigenvalue weighted by atomic mass is 10.1. The van der Waals surface area contributed by atoms with Crippen LogP contribution in [-0.2, 0) is 0 Å². The molecule has 1 saturated heterocycles. The molecule has 4 heteroatoms. The van der Waals surface area contributed by atoms with Crippen LogP contribution in [0.15, 0.2) is 24.3 Å². The second-order valence-electron chi connectivity index (χ2n) is 6.07. The Labute approximate surface area is 127 Å². The molecule has 1 aliphatic heterocycles. The number of aliphatic hydroxyl groups is 1. The molecule has 1 N–H and O–H groups in total. The Morgan fingerprint density at radius 2 is 1.71 bits per heavy atom. The Morgan fingerprint density at radius 1 is 1.05 bits per heavy atom. The fourth-order valence-electron chi connectivity index (χ4n) is 2.74. The zero-order valence-electron chi connectivity index (χ0n) is 13.2. The third kappa shape index (κ3) is 4.05. The molecule has 1 heterocycles. The van der Waals surface area contributed by atoms with Crippen LogP contribution in [0.25, 0.3) is 0 Å². The van der Waals surface area contributed by atoms with E-state index in [1.807, 2.05) is 29.2 Å². The normalized spacial score (nSPS) is 18.6. The smallest absolute Gasteiger partial charge is 0.253 e. The van der Waals surface area contributed by atoms with Crippen LogP contribution in [-0.4, -0.2) is 53.0 Å². The maximum Gasteiger partial charge on any atom is 0.253 e. The van der Waals surface area contributed by atoms with Gasteiger partial charge in [-0.15, -0.1) is 0 Å². The van der Waals surface area contributed by atoms with Crippen molar-refractivity contribution in [3.8, 4) is 0 Å². The first-order chi connectivity index (χ1) is 9.99. The van der Waals surface area contributed by atoms with Gasteiger partial charge in [-0.1, -0.05) is 12.1 Å². The molecule has 1 aliphatic rings. The van der Waals surface area contributed by atoms with E-state index in [1.165, 1.54) is 0 Å². The first-order valence-corrected chi connectivity index (χ1v) is 7.80. The summed E-state index contributed by atoms with van der Waals surface area (Å²) >= 11 is 0. The fourth-order valence-corrected chi connectivity index (χ4v) is 2.74. The molecule has 1 aromatic carbocycles. The number of amides is 1. The van der Waals surface area contributed by atoms with Crippen molar-refractivity contribution in [1.82, 2.24) is 9.80 Å². The van der Waals surface area contributed by atoms with Gasteiger partial charge in [0.15, 0.2) is 0 Å². The van der Waals surface area contributed by atoms with Crippen LogP contribution in [0.1, 0.15) is 49.2 Å². The molecular weight excluding hydrogens is 264 g/mol. The highest BCUT2D eigenvalue weighted by Gasteiger charge is 2.21. The molecule has 0 bridgehead atoms. The number of nitrogens with zero attached hydrogens (tertiary/aromatic N) is 2. The third-order valence-corrected chi connectivity index (χ3v) is 4.19. The number of benzene rings is 1. The van der Waals surface area contributed by atoms with Gasteiger partial charge >= 0.3 is 0 Å². The average Bonchev–Trinajstić information content (AvgIpc) is 2.72. The van der Waals surface area contributed by atoms with E-state index in [0.717, 1.165) is 38.2 Å². The van der Waals surface area contributed by atoms with Crippen molar-refractivity contribution in [2.24, 2.45) is 0 Å². The molecule has 0 aromatic heterocycles. The second kappa shape index (κ2) is 7.05. The average molecular weight is 290 g/mol. The van der Waals surface area contributed by atoms with Gasteiger partial charge in [0.2, 0.25) is 0 Å². The molecule has 0 aliphatic carbocycles. The number of carbonyl (C=O) groups is 1. The maximum atomic E-state index is 12.6. The zero-order valence-corrected chi connectivity index (χ0v) is 13.2. The molecule has 1 atom stereocenters. The third-order valence-electron chi connectivity index (χ3n) is 4.19. The molecule has 2 rings (SSSR count). The molecule has 21 heavy (non-hydrogen) atoms. The molecular formula is C17H26N2O2. The maximum absolute atomic E-state index is 12.6. The summed E-state index contributed by atoms with van der Waals surface area (Å²) in [7, 11) is 0. The van der Waals surface area contributed by atoms with E-state index >= 15 is 0 Å². The number of rotatable bonds is 3. The van der Waals surface area contributed by atoms with Crippen LogP contribution in [0.3, 0.4) is 0 Å². The van der Waals surface area contributed by atoms with Crippen LogP contribution in [0, 0.1) is 0 Å². The summed E-state index contributed by atoms with van der Waals surface area (Å²) in [6.07, 6.45) is 0.530. The molecule has 1 amide bonds. The standard InChI is InChI=1S/C17H26N2O2/c1-13(2)18-9-4-10-19(12-11-18)17(21)16-7-5-15(6-8-16)14(3)20/h5-8,13-14,20H,4,9-12H2,1-3H3. The predicted octanol–water partition coefficient (Wildman–Crippen LogP) is 2.30. The minimum absolute atomic E-state index is 0.0951. The SMILES string of the molecule is CC(O)c1ccc(C(=O)N2CCCN(C(C)C)CC2)cc1. The van der Waals surface area contributed by atoms with Crippen molar-refractivity contribution in [1.29, 1.82) is 0 Å². The van der Waals surface area contributed by atoms with Gasteiger partial charge in [-0.2, -0.15) is 0 Å². The lowest BCUT2D eigenvalue weighted by Gasteiger charge is -2.25. The quantitative estimate of drug-likeness (QED) is 0.929. The summed E-state index contributed by atoms with van der Waals surface area (Å²) in [5, 5.41) is 9.52. The molecule has 0 radical (unpaired) electrons.